The van der Waals surface area contributed by atoms with Gasteiger partial charge in [0.1, 0.15) is 5.82 Å². The molecule has 2 saturated heterocycles. The van der Waals surface area contributed by atoms with E-state index in [0.29, 0.717) is 6.54 Å². The standard InChI is InChI=1S/C29H32FN3O2/c1-21-5-6-24(17-27(21)32-19-22-7-11-31-12-8-22)28(34)33-13-9-29(10-14-33)18-26(35-20-29)16-23-3-2-4-25(30)15-23/h2-8,11-12,15,17,26,32H,9-10,13-14,16,18-20H2,1H3/t26-/m0/s1. The average Bonchev–Trinajstić information content (AvgIpc) is 3.26. The summed E-state index contributed by atoms with van der Waals surface area (Å²) in [5, 5.41) is 3.46. The van der Waals surface area contributed by atoms with E-state index in [2.05, 4.69) is 10.3 Å². The number of hydrogen-bond acceptors (Lipinski definition) is 4. The van der Waals surface area contributed by atoms with Gasteiger partial charge >= 0.3 is 0 Å². The summed E-state index contributed by atoms with van der Waals surface area (Å²) in [5.74, 6) is -0.115. The van der Waals surface area contributed by atoms with Gasteiger partial charge in [0.05, 0.1) is 12.7 Å². The highest BCUT2D eigenvalue weighted by Gasteiger charge is 2.43. The Labute approximate surface area is 206 Å². The van der Waals surface area contributed by atoms with Crippen molar-refractivity contribution in [3.8, 4) is 0 Å². The molecule has 2 aliphatic heterocycles. The number of carbonyl (C=O) groups excluding carboxylic acids is 1. The first-order chi connectivity index (χ1) is 17.0. The van der Waals surface area contributed by atoms with E-state index in [1.54, 1.807) is 24.5 Å². The fourth-order valence-electron chi connectivity index (χ4n) is 5.31. The van der Waals surface area contributed by atoms with Gasteiger partial charge in [0.2, 0.25) is 0 Å². The summed E-state index contributed by atoms with van der Waals surface area (Å²) in [6.07, 6.45) is 7.28. The first kappa shape index (κ1) is 23.5. The van der Waals surface area contributed by atoms with Crippen molar-refractivity contribution in [2.24, 2.45) is 5.41 Å². The molecule has 2 aromatic carbocycles. The van der Waals surface area contributed by atoms with Crippen LogP contribution in [0.25, 0.3) is 0 Å². The predicted molar refractivity (Wildman–Crippen MR) is 135 cm³/mol. The molecule has 1 N–H and O–H groups in total. The van der Waals surface area contributed by atoms with Gasteiger partial charge in [-0.3, -0.25) is 9.78 Å². The summed E-state index contributed by atoms with van der Waals surface area (Å²) in [6.45, 7) is 4.94. The zero-order valence-corrected chi connectivity index (χ0v) is 20.2. The summed E-state index contributed by atoms with van der Waals surface area (Å²) in [4.78, 5) is 19.3. The fraction of sp³-hybridized carbons (Fsp3) is 0.379. The summed E-state index contributed by atoms with van der Waals surface area (Å²) in [6, 6.07) is 16.6. The van der Waals surface area contributed by atoms with E-state index in [1.807, 2.05) is 48.2 Å². The summed E-state index contributed by atoms with van der Waals surface area (Å²) >= 11 is 0. The minimum atomic E-state index is -0.200. The maximum absolute atomic E-state index is 13.5. The number of anilines is 1. The Hall–Kier alpha value is -3.25. The van der Waals surface area contributed by atoms with Crippen LogP contribution in [-0.4, -0.2) is 41.6 Å². The van der Waals surface area contributed by atoms with Crippen LogP contribution in [0.1, 0.15) is 46.3 Å². The van der Waals surface area contributed by atoms with Crippen LogP contribution in [0.15, 0.2) is 67.0 Å². The first-order valence-electron chi connectivity index (χ1n) is 12.4. The predicted octanol–water partition coefficient (Wildman–Crippen LogP) is 5.40. The highest BCUT2D eigenvalue weighted by molar-refractivity contribution is 5.95. The molecule has 3 heterocycles. The van der Waals surface area contributed by atoms with Gasteiger partial charge in [-0.05, 0) is 91.1 Å². The third kappa shape index (κ3) is 5.54. The monoisotopic (exact) mass is 473 g/mol. The molecule has 5 rings (SSSR count). The minimum absolute atomic E-state index is 0.0852. The molecular weight excluding hydrogens is 441 g/mol. The molecule has 1 spiro atoms. The van der Waals surface area contributed by atoms with Crippen molar-refractivity contribution in [3.05, 3.63) is 95.1 Å². The topological polar surface area (TPSA) is 54.5 Å². The average molecular weight is 474 g/mol. The van der Waals surface area contributed by atoms with Gasteiger partial charge in [-0.2, -0.15) is 0 Å². The fourth-order valence-corrected chi connectivity index (χ4v) is 5.31. The number of nitrogens with one attached hydrogen (secondary N) is 1. The van der Waals surface area contributed by atoms with Gasteiger partial charge in [0, 0.05) is 43.3 Å². The lowest BCUT2D eigenvalue weighted by Gasteiger charge is -2.38. The highest BCUT2D eigenvalue weighted by atomic mass is 19.1. The van der Waals surface area contributed by atoms with Crippen LogP contribution in [0.4, 0.5) is 10.1 Å². The third-order valence-electron chi connectivity index (χ3n) is 7.47. The van der Waals surface area contributed by atoms with Gasteiger partial charge in [0.25, 0.3) is 5.91 Å². The Morgan fingerprint density at radius 3 is 2.69 bits per heavy atom. The quantitative estimate of drug-likeness (QED) is 0.521. The van der Waals surface area contributed by atoms with Crippen LogP contribution in [0, 0.1) is 18.2 Å². The zero-order valence-electron chi connectivity index (χ0n) is 20.2. The number of nitrogens with zero attached hydrogens (tertiary/aromatic N) is 2. The van der Waals surface area contributed by atoms with Crippen molar-refractivity contribution in [1.82, 2.24) is 9.88 Å². The van der Waals surface area contributed by atoms with Crippen molar-refractivity contribution in [1.29, 1.82) is 0 Å². The van der Waals surface area contributed by atoms with Crippen molar-refractivity contribution in [2.45, 2.75) is 45.3 Å². The number of carbonyl (C=O) groups is 1. The molecule has 1 amide bonds. The molecule has 1 atom stereocenters. The molecule has 0 aliphatic carbocycles. The normalized spacial score (nSPS) is 19.1. The van der Waals surface area contributed by atoms with Crippen LogP contribution >= 0.6 is 0 Å². The van der Waals surface area contributed by atoms with Gasteiger partial charge in [-0.25, -0.2) is 4.39 Å². The lowest BCUT2D eigenvalue weighted by atomic mass is 9.76. The number of ether oxygens (including phenoxy) is 1. The Bertz CT molecular complexity index is 1180. The Morgan fingerprint density at radius 2 is 1.91 bits per heavy atom. The summed E-state index contributed by atoms with van der Waals surface area (Å²) in [7, 11) is 0. The van der Waals surface area contributed by atoms with Gasteiger partial charge in [-0.15, -0.1) is 0 Å². The SMILES string of the molecule is Cc1ccc(C(=O)N2CCC3(CC2)CO[C@@H](Cc2cccc(F)c2)C3)cc1NCc1ccncc1. The molecule has 3 aromatic rings. The number of likely N-dealkylation sites (tertiary alicyclic amines) is 1. The largest absolute Gasteiger partial charge is 0.381 e. The first-order valence-corrected chi connectivity index (χ1v) is 12.4. The number of aryl methyl sites for hydroxylation is 1. The molecular formula is C29H32FN3O2. The van der Waals surface area contributed by atoms with E-state index in [9.17, 15) is 9.18 Å². The number of benzene rings is 2. The number of piperidine rings is 1. The van der Waals surface area contributed by atoms with Crippen molar-refractivity contribution >= 4 is 11.6 Å². The second kappa shape index (κ2) is 10.2. The lowest BCUT2D eigenvalue weighted by molar-refractivity contribution is 0.0496. The third-order valence-corrected chi connectivity index (χ3v) is 7.47. The molecule has 182 valence electrons. The second-order valence-electron chi connectivity index (χ2n) is 10.0. The Kier molecular flexibility index (Phi) is 6.82. The number of hydrogen-bond donors (Lipinski definition) is 1. The van der Waals surface area contributed by atoms with Gasteiger partial charge in [-0.1, -0.05) is 18.2 Å². The van der Waals surface area contributed by atoms with E-state index in [-0.39, 0.29) is 23.2 Å². The smallest absolute Gasteiger partial charge is 0.253 e. The minimum Gasteiger partial charge on any atom is -0.381 e. The molecule has 0 radical (unpaired) electrons. The van der Waals surface area contributed by atoms with Crippen LogP contribution in [0.2, 0.25) is 0 Å². The van der Waals surface area contributed by atoms with Crippen LogP contribution in [0.3, 0.4) is 0 Å². The van der Waals surface area contributed by atoms with Crippen molar-refractivity contribution in [3.63, 3.8) is 0 Å². The second-order valence-corrected chi connectivity index (χ2v) is 10.0. The number of halogens is 1. The molecule has 35 heavy (non-hydrogen) atoms. The molecule has 6 heteroatoms. The number of pyridine rings is 1. The molecule has 2 fully saturated rings. The molecule has 1 aromatic heterocycles. The maximum atomic E-state index is 13.5. The molecule has 0 bridgehead atoms. The van der Waals surface area contributed by atoms with Gasteiger partial charge < -0.3 is 15.0 Å². The van der Waals surface area contributed by atoms with Crippen LogP contribution < -0.4 is 5.32 Å². The van der Waals surface area contributed by atoms with Gasteiger partial charge in [0.15, 0.2) is 0 Å². The van der Waals surface area contributed by atoms with Crippen molar-refractivity contribution < 1.29 is 13.9 Å². The molecule has 0 unspecified atom stereocenters. The Morgan fingerprint density at radius 1 is 1.11 bits per heavy atom. The van der Waals surface area contributed by atoms with E-state index >= 15 is 0 Å². The number of rotatable bonds is 6. The van der Waals surface area contributed by atoms with Crippen LogP contribution in [0.5, 0.6) is 0 Å². The number of amides is 1. The van der Waals surface area contributed by atoms with Crippen molar-refractivity contribution in [2.75, 3.05) is 25.0 Å². The van der Waals surface area contributed by atoms with E-state index in [1.165, 1.54) is 6.07 Å². The zero-order chi connectivity index (χ0) is 24.3. The van der Waals surface area contributed by atoms with E-state index in [0.717, 1.165) is 73.3 Å². The Balaban J connectivity index is 1.17. The molecule has 0 saturated carbocycles. The van der Waals surface area contributed by atoms with Crippen LogP contribution in [-0.2, 0) is 17.7 Å². The molecule has 5 nitrogen and oxygen atoms in total. The number of aromatic nitrogens is 1. The lowest BCUT2D eigenvalue weighted by Crippen LogP contribution is -2.43. The highest BCUT2D eigenvalue weighted by Crippen LogP contribution is 2.43. The summed E-state index contributed by atoms with van der Waals surface area (Å²) in [5.41, 5.74) is 5.06. The van der Waals surface area contributed by atoms with E-state index < -0.39 is 0 Å². The maximum Gasteiger partial charge on any atom is 0.253 e. The van der Waals surface area contributed by atoms with E-state index in [4.69, 9.17) is 4.74 Å². The summed E-state index contributed by atoms with van der Waals surface area (Å²) < 4.78 is 19.7. The molecule has 2 aliphatic rings.